The summed E-state index contributed by atoms with van der Waals surface area (Å²) in [5, 5.41) is 0. The Balaban J connectivity index is 1.91. The first-order valence-electron chi connectivity index (χ1n) is 6.63. The third kappa shape index (κ3) is 3.01. The van der Waals surface area contributed by atoms with Gasteiger partial charge < -0.3 is 4.42 Å². The van der Waals surface area contributed by atoms with Gasteiger partial charge in [0, 0.05) is 11.3 Å². The Hall–Kier alpha value is -2.60. The highest BCUT2D eigenvalue weighted by atomic mass is 32.2. The summed E-state index contributed by atoms with van der Waals surface area (Å²) in [6.07, 6.45) is 2.91. The first-order chi connectivity index (χ1) is 10.5. The third-order valence-corrected chi connectivity index (χ3v) is 4.51. The third-order valence-electron chi connectivity index (χ3n) is 3.13. The maximum absolute atomic E-state index is 12.4. The SMILES string of the molecule is Cc1cccc(S(=O)(=O)Nc2cccc(-c3cnco3)c2)c1. The maximum atomic E-state index is 12.4. The molecule has 0 aliphatic heterocycles. The van der Waals surface area contributed by atoms with E-state index in [1.165, 1.54) is 6.39 Å². The summed E-state index contributed by atoms with van der Waals surface area (Å²) in [6.45, 7) is 1.85. The van der Waals surface area contributed by atoms with Crippen LogP contribution in [0.4, 0.5) is 5.69 Å². The monoisotopic (exact) mass is 314 g/mol. The Morgan fingerprint density at radius 3 is 2.64 bits per heavy atom. The summed E-state index contributed by atoms with van der Waals surface area (Å²) in [4.78, 5) is 4.09. The molecule has 1 N–H and O–H groups in total. The Morgan fingerprint density at radius 2 is 1.91 bits per heavy atom. The zero-order chi connectivity index (χ0) is 15.6. The van der Waals surface area contributed by atoms with Crippen molar-refractivity contribution in [1.29, 1.82) is 0 Å². The molecule has 0 amide bonds. The summed E-state index contributed by atoms with van der Waals surface area (Å²) in [6, 6.07) is 13.7. The van der Waals surface area contributed by atoms with Gasteiger partial charge in [-0.3, -0.25) is 4.72 Å². The van der Waals surface area contributed by atoms with E-state index < -0.39 is 10.0 Å². The topological polar surface area (TPSA) is 72.2 Å². The largest absolute Gasteiger partial charge is 0.444 e. The highest BCUT2D eigenvalue weighted by molar-refractivity contribution is 7.92. The van der Waals surface area contributed by atoms with Crippen molar-refractivity contribution < 1.29 is 12.8 Å². The Bertz CT molecular complexity index is 887. The summed E-state index contributed by atoms with van der Waals surface area (Å²) in [5.41, 5.74) is 2.11. The van der Waals surface area contributed by atoms with Crippen LogP contribution < -0.4 is 4.72 Å². The highest BCUT2D eigenvalue weighted by Crippen LogP contribution is 2.24. The van der Waals surface area contributed by atoms with E-state index in [1.54, 1.807) is 42.6 Å². The molecule has 2 aromatic carbocycles. The van der Waals surface area contributed by atoms with Crippen molar-refractivity contribution in [3.05, 3.63) is 66.7 Å². The molecule has 0 saturated carbocycles. The zero-order valence-electron chi connectivity index (χ0n) is 11.9. The molecule has 1 heterocycles. The quantitative estimate of drug-likeness (QED) is 0.800. The van der Waals surface area contributed by atoms with Crippen LogP contribution in [0.15, 0.2) is 70.4 Å². The molecule has 5 nitrogen and oxygen atoms in total. The van der Waals surface area contributed by atoms with Crippen LogP contribution in [0.5, 0.6) is 0 Å². The van der Waals surface area contributed by atoms with E-state index in [0.717, 1.165) is 11.1 Å². The molecule has 0 aliphatic carbocycles. The number of benzene rings is 2. The summed E-state index contributed by atoms with van der Waals surface area (Å²) in [5.74, 6) is 0.580. The van der Waals surface area contributed by atoms with Crippen LogP contribution in [-0.4, -0.2) is 13.4 Å². The fourth-order valence-corrected chi connectivity index (χ4v) is 3.24. The number of aryl methyl sites for hydroxylation is 1. The van der Waals surface area contributed by atoms with Gasteiger partial charge in [-0.1, -0.05) is 24.3 Å². The normalized spacial score (nSPS) is 11.3. The average Bonchev–Trinajstić information content (AvgIpc) is 3.01. The van der Waals surface area contributed by atoms with Gasteiger partial charge in [-0.15, -0.1) is 0 Å². The second-order valence-corrected chi connectivity index (χ2v) is 6.55. The van der Waals surface area contributed by atoms with E-state index in [1.807, 2.05) is 19.1 Å². The molecule has 0 bridgehead atoms. The van der Waals surface area contributed by atoms with Gasteiger partial charge in [0.05, 0.1) is 11.1 Å². The number of anilines is 1. The van der Waals surface area contributed by atoms with Crippen molar-refractivity contribution in [3.63, 3.8) is 0 Å². The fourth-order valence-electron chi connectivity index (χ4n) is 2.09. The van der Waals surface area contributed by atoms with Gasteiger partial charge in [0.2, 0.25) is 0 Å². The Morgan fingerprint density at radius 1 is 1.09 bits per heavy atom. The maximum Gasteiger partial charge on any atom is 0.261 e. The second-order valence-electron chi connectivity index (χ2n) is 4.87. The Kier molecular flexibility index (Phi) is 3.68. The first-order valence-corrected chi connectivity index (χ1v) is 8.11. The van der Waals surface area contributed by atoms with Crippen LogP contribution in [0.2, 0.25) is 0 Å². The molecule has 3 aromatic rings. The zero-order valence-corrected chi connectivity index (χ0v) is 12.7. The van der Waals surface area contributed by atoms with Crippen molar-refractivity contribution in [2.45, 2.75) is 11.8 Å². The highest BCUT2D eigenvalue weighted by Gasteiger charge is 2.14. The molecule has 0 atom stereocenters. The predicted octanol–water partition coefficient (Wildman–Crippen LogP) is 3.45. The lowest BCUT2D eigenvalue weighted by atomic mass is 10.2. The summed E-state index contributed by atoms with van der Waals surface area (Å²) < 4.78 is 32.6. The van der Waals surface area contributed by atoms with Crippen molar-refractivity contribution in [3.8, 4) is 11.3 Å². The van der Waals surface area contributed by atoms with Crippen molar-refractivity contribution in [2.75, 3.05) is 4.72 Å². The number of aromatic nitrogens is 1. The molecule has 0 saturated heterocycles. The molecule has 22 heavy (non-hydrogen) atoms. The lowest BCUT2D eigenvalue weighted by Crippen LogP contribution is -2.13. The molecule has 0 unspecified atom stereocenters. The van der Waals surface area contributed by atoms with Gasteiger partial charge in [0.1, 0.15) is 0 Å². The number of nitrogens with one attached hydrogen (secondary N) is 1. The van der Waals surface area contributed by atoms with Crippen molar-refractivity contribution >= 4 is 15.7 Å². The van der Waals surface area contributed by atoms with Gasteiger partial charge in [-0.25, -0.2) is 13.4 Å². The van der Waals surface area contributed by atoms with E-state index in [0.29, 0.717) is 11.4 Å². The molecular formula is C16H14N2O3S. The van der Waals surface area contributed by atoms with Crippen LogP contribution in [0.1, 0.15) is 5.56 Å². The molecule has 112 valence electrons. The van der Waals surface area contributed by atoms with Crippen LogP contribution in [-0.2, 0) is 10.0 Å². The van der Waals surface area contributed by atoms with Crippen LogP contribution in [0.3, 0.4) is 0 Å². The first kappa shape index (κ1) is 14.3. The molecule has 1 aromatic heterocycles. The van der Waals surface area contributed by atoms with Gasteiger partial charge in [0.15, 0.2) is 12.2 Å². The van der Waals surface area contributed by atoms with E-state index in [2.05, 4.69) is 9.71 Å². The number of oxazole rings is 1. The molecule has 0 aliphatic rings. The molecule has 0 fully saturated rings. The fraction of sp³-hybridized carbons (Fsp3) is 0.0625. The van der Waals surface area contributed by atoms with Gasteiger partial charge >= 0.3 is 0 Å². The van der Waals surface area contributed by atoms with Gasteiger partial charge in [0.25, 0.3) is 10.0 Å². The van der Waals surface area contributed by atoms with Crippen LogP contribution in [0, 0.1) is 6.92 Å². The smallest absolute Gasteiger partial charge is 0.261 e. The molecular weight excluding hydrogens is 300 g/mol. The average molecular weight is 314 g/mol. The number of rotatable bonds is 4. The minimum absolute atomic E-state index is 0.234. The van der Waals surface area contributed by atoms with Crippen molar-refractivity contribution in [2.24, 2.45) is 0 Å². The molecule has 6 heteroatoms. The number of sulfonamides is 1. The van der Waals surface area contributed by atoms with Crippen molar-refractivity contribution in [1.82, 2.24) is 4.98 Å². The lowest BCUT2D eigenvalue weighted by molar-refractivity contribution is 0.572. The number of hydrogen-bond donors (Lipinski definition) is 1. The van der Waals surface area contributed by atoms with E-state index >= 15 is 0 Å². The standard InChI is InChI=1S/C16H14N2O3S/c1-12-4-2-7-15(8-12)22(19,20)18-14-6-3-5-13(9-14)16-10-17-11-21-16/h2-11,18H,1H3. The summed E-state index contributed by atoms with van der Waals surface area (Å²) >= 11 is 0. The van der Waals surface area contributed by atoms with E-state index in [4.69, 9.17) is 4.42 Å². The predicted molar refractivity (Wildman–Crippen MR) is 83.9 cm³/mol. The summed E-state index contributed by atoms with van der Waals surface area (Å²) in [7, 11) is -3.62. The molecule has 0 spiro atoms. The minimum Gasteiger partial charge on any atom is -0.444 e. The van der Waals surface area contributed by atoms with Crippen LogP contribution >= 0.6 is 0 Å². The minimum atomic E-state index is -3.62. The van der Waals surface area contributed by atoms with Crippen LogP contribution in [0.25, 0.3) is 11.3 Å². The Labute approximate surface area is 128 Å². The number of nitrogens with zero attached hydrogens (tertiary/aromatic N) is 1. The van der Waals surface area contributed by atoms with E-state index in [9.17, 15) is 8.42 Å². The van der Waals surface area contributed by atoms with Gasteiger partial charge in [-0.2, -0.15) is 0 Å². The number of hydrogen-bond acceptors (Lipinski definition) is 4. The molecule has 3 rings (SSSR count). The van der Waals surface area contributed by atoms with Gasteiger partial charge in [-0.05, 0) is 36.8 Å². The van der Waals surface area contributed by atoms with E-state index in [-0.39, 0.29) is 4.90 Å². The second kappa shape index (κ2) is 5.65. The lowest BCUT2D eigenvalue weighted by Gasteiger charge is -2.09. The molecule has 0 radical (unpaired) electrons.